The Bertz CT molecular complexity index is 1450. The number of phenolic OH excluding ortho intramolecular Hbond substituents is 1. The molecule has 2 aromatic carbocycles. The lowest BCUT2D eigenvalue weighted by Gasteiger charge is -2.33. The van der Waals surface area contributed by atoms with Gasteiger partial charge in [-0.25, -0.2) is 4.98 Å². The zero-order valence-corrected chi connectivity index (χ0v) is 22.1. The fourth-order valence-electron chi connectivity index (χ4n) is 4.64. The second-order valence-corrected chi connectivity index (χ2v) is 10.1. The maximum Gasteiger partial charge on any atom is 0.152 e. The summed E-state index contributed by atoms with van der Waals surface area (Å²) in [7, 11) is 2.13. The topological polar surface area (TPSA) is 81.6 Å². The van der Waals surface area contributed by atoms with Crippen LogP contribution < -0.4 is 10.2 Å². The molecule has 0 amide bonds. The molecule has 2 aromatic heterocycles. The molecule has 0 bridgehead atoms. The third kappa shape index (κ3) is 5.21. The first-order valence-electron chi connectivity index (χ1n) is 12.0. The van der Waals surface area contributed by atoms with Crippen LogP contribution in [0.4, 0.5) is 17.2 Å². The molecule has 1 aliphatic rings. The van der Waals surface area contributed by atoms with E-state index in [-0.39, 0.29) is 22.2 Å². The lowest BCUT2D eigenvalue weighted by Crippen LogP contribution is -2.44. The number of benzene rings is 2. The van der Waals surface area contributed by atoms with Crippen LogP contribution in [0.15, 0.2) is 48.8 Å². The van der Waals surface area contributed by atoms with Gasteiger partial charge in [-0.2, -0.15) is 0 Å². The largest absolute Gasteiger partial charge is 0.505 e. The summed E-state index contributed by atoms with van der Waals surface area (Å²) >= 11 is 12.4. The highest BCUT2D eigenvalue weighted by Crippen LogP contribution is 2.40. The molecule has 0 atom stereocenters. The lowest BCUT2D eigenvalue weighted by molar-refractivity contribution is -0.107. The zero-order chi connectivity index (χ0) is 26.1. The van der Waals surface area contributed by atoms with E-state index in [1.165, 1.54) is 0 Å². The van der Waals surface area contributed by atoms with Gasteiger partial charge in [0, 0.05) is 49.7 Å². The van der Waals surface area contributed by atoms with Gasteiger partial charge >= 0.3 is 0 Å². The SMILES string of the molecule is Cc1cc2ncc(CC=O)c(Nc3ccc(N4CCN(C)CC4)nc3)c2cc1-c1cc(Cl)c(O)c(Cl)c1. The van der Waals surface area contributed by atoms with Gasteiger partial charge in [-0.1, -0.05) is 23.2 Å². The van der Waals surface area contributed by atoms with Crippen LogP contribution in [0.5, 0.6) is 5.75 Å². The zero-order valence-electron chi connectivity index (χ0n) is 20.6. The fourth-order valence-corrected chi connectivity index (χ4v) is 5.12. The van der Waals surface area contributed by atoms with Crippen molar-refractivity contribution in [1.82, 2.24) is 14.9 Å². The second kappa shape index (κ2) is 10.5. The van der Waals surface area contributed by atoms with Gasteiger partial charge in [0.15, 0.2) is 5.75 Å². The molecule has 190 valence electrons. The number of fused-ring (bicyclic) bond motifs is 1. The van der Waals surface area contributed by atoms with Gasteiger partial charge in [-0.05, 0) is 67.1 Å². The summed E-state index contributed by atoms with van der Waals surface area (Å²) in [5.41, 5.74) is 5.83. The summed E-state index contributed by atoms with van der Waals surface area (Å²) in [5, 5.41) is 14.7. The predicted molar refractivity (Wildman–Crippen MR) is 151 cm³/mol. The molecule has 37 heavy (non-hydrogen) atoms. The normalized spacial score (nSPS) is 14.2. The van der Waals surface area contributed by atoms with Gasteiger partial charge in [-0.15, -0.1) is 0 Å². The minimum absolute atomic E-state index is 0.143. The molecule has 4 aromatic rings. The van der Waals surface area contributed by atoms with Gasteiger partial charge in [0.25, 0.3) is 0 Å². The number of carbonyl (C=O) groups is 1. The van der Waals surface area contributed by atoms with E-state index in [4.69, 9.17) is 28.2 Å². The number of hydrogen-bond donors (Lipinski definition) is 2. The molecule has 0 aliphatic carbocycles. The third-order valence-corrected chi connectivity index (χ3v) is 7.34. The molecule has 0 saturated carbocycles. The molecular formula is C28H27Cl2N5O2. The summed E-state index contributed by atoms with van der Waals surface area (Å²) in [6.45, 7) is 5.90. The van der Waals surface area contributed by atoms with Gasteiger partial charge in [-0.3, -0.25) is 4.98 Å². The van der Waals surface area contributed by atoms with Gasteiger partial charge in [0.2, 0.25) is 0 Å². The molecular weight excluding hydrogens is 509 g/mol. The Balaban J connectivity index is 1.55. The van der Waals surface area contributed by atoms with E-state index >= 15 is 0 Å². The van der Waals surface area contributed by atoms with E-state index in [9.17, 15) is 9.90 Å². The number of nitrogens with zero attached hydrogens (tertiary/aromatic N) is 4. The minimum atomic E-state index is -0.143. The third-order valence-electron chi connectivity index (χ3n) is 6.77. The Kier molecular flexibility index (Phi) is 7.20. The number of nitrogens with one attached hydrogen (secondary N) is 1. The number of pyridine rings is 2. The van der Waals surface area contributed by atoms with Crippen molar-refractivity contribution in [2.75, 3.05) is 43.4 Å². The highest BCUT2D eigenvalue weighted by Gasteiger charge is 2.17. The summed E-state index contributed by atoms with van der Waals surface area (Å²) < 4.78 is 0. The van der Waals surface area contributed by atoms with Crippen LogP contribution in [0.1, 0.15) is 11.1 Å². The number of aldehydes is 1. The van der Waals surface area contributed by atoms with Crippen molar-refractivity contribution >= 4 is 57.6 Å². The molecule has 1 fully saturated rings. The van der Waals surface area contributed by atoms with Crippen LogP contribution in [0, 0.1) is 6.92 Å². The van der Waals surface area contributed by atoms with Crippen molar-refractivity contribution in [1.29, 1.82) is 0 Å². The van der Waals surface area contributed by atoms with Crippen molar-refractivity contribution in [2.24, 2.45) is 0 Å². The molecule has 1 aliphatic heterocycles. The first-order chi connectivity index (χ1) is 17.8. The number of halogens is 2. The van der Waals surface area contributed by atoms with E-state index in [0.29, 0.717) is 0 Å². The average Bonchev–Trinajstić information content (AvgIpc) is 2.89. The van der Waals surface area contributed by atoms with Gasteiger partial charge in [0.1, 0.15) is 12.1 Å². The van der Waals surface area contributed by atoms with E-state index in [0.717, 1.165) is 82.8 Å². The molecule has 1 saturated heterocycles. The molecule has 3 heterocycles. The fraction of sp³-hybridized carbons (Fsp3) is 0.250. The van der Waals surface area contributed by atoms with Crippen LogP contribution in [0.25, 0.3) is 22.0 Å². The number of likely N-dealkylation sites (N-methyl/N-ethyl adjacent to an activating group) is 1. The number of aromatic hydroxyl groups is 1. The number of hydrogen-bond acceptors (Lipinski definition) is 7. The molecule has 0 radical (unpaired) electrons. The molecule has 0 spiro atoms. The monoisotopic (exact) mass is 535 g/mol. The highest BCUT2D eigenvalue weighted by atomic mass is 35.5. The first kappa shape index (κ1) is 25.3. The second-order valence-electron chi connectivity index (χ2n) is 9.32. The summed E-state index contributed by atoms with van der Waals surface area (Å²) in [6, 6.07) is 11.4. The van der Waals surface area contributed by atoms with Gasteiger partial charge in [0.05, 0.1) is 33.1 Å². The van der Waals surface area contributed by atoms with Gasteiger partial charge < -0.3 is 25.0 Å². The summed E-state index contributed by atoms with van der Waals surface area (Å²) in [5.74, 6) is 0.806. The van der Waals surface area contributed by atoms with Crippen LogP contribution >= 0.6 is 23.2 Å². The minimum Gasteiger partial charge on any atom is -0.505 e. The molecule has 5 rings (SSSR count). The molecule has 9 heteroatoms. The first-order valence-corrected chi connectivity index (χ1v) is 12.8. The number of piperazine rings is 1. The quantitative estimate of drug-likeness (QED) is 0.299. The average molecular weight is 536 g/mol. The predicted octanol–water partition coefficient (Wildman–Crippen LogP) is 5.85. The van der Waals surface area contributed by atoms with Crippen molar-refractivity contribution in [3.05, 3.63) is 70.0 Å². The van der Waals surface area contributed by atoms with Crippen molar-refractivity contribution in [2.45, 2.75) is 13.3 Å². The number of phenols is 1. The Hall–Kier alpha value is -3.39. The number of aromatic nitrogens is 2. The van der Waals surface area contributed by atoms with Crippen LogP contribution in [-0.2, 0) is 11.2 Å². The standard InChI is InChI=1S/C28H27Cl2N5O2/c1-17-11-25-22(14-21(17)19-12-23(29)28(37)24(30)13-19)27(18(5-10-36)15-31-25)33-20-3-4-26(32-16-20)35-8-6-34(2)7-9-35/h3-4,10-16,37H,5-9H2,1-2H3,(H,31,33). The molecule has 2 N–H and O–H groups in total. The van der Waals surface area contributed by atoms with E-state index in [2.05, 4.69) is 27.1 Å². The Morgan fingerprint density at radius 1 is 1.03 bits per heavy atom. The van der Waals surface area contributed by atoms with Crippen LogP contribution in [-0.4, -0.2) is 59.5 Å². The maximum atomic E-state index is 11.5. The summed E-state index contributed by atoms with van der Waals surface area (Å²) in [4.78, 5) is 25.4. The Morgan fingerprint density at radius 2 is 1.76 bits per heavy atom. The highest BCUT2D eigenvalue weighted by molar-refractivity contribution is 6.37. The van der Waals surface area contributed by atoms with E-state index in [1.54, 1.807) is 18.3 Å². The maximum absolute atomic E-state index is 11.5. The van der Waals surface area contributed by atoms with Crippen LogP contribution in [0.2, 0.25) is 10.0 Å². The summed E-state index contributed by atoms with van der Waals surface area (Å²) in [6.07, 6.45) is 4.65. The van der Waals surface area contributed by atoms with Crippen molar-refractivity contribution in [3.8, 4) is 16.9 Å². The Labute approximate surface area is 225 Å². The lowest BCUT2D eigenvalue weighted by atomic mass is 9.96. The number of carbonyl (C=O) groups excluding carboxylic acids is 1. The van der Waals surface area contributed by atoms with Crippen LogP contribution in [0.3, 0.4) is 0 Å². The molecule has 0 unspecified atom stereocenters. The number of anilines is 3. The van der Waals surface area contributed by atoms with Crippen molar-refractivity contribution in [3.63, 3.8) is 0 Å². The van der Waals surface area contributed by atoms with E-state index < -0.39 is 0 Å². The number of aryl methyl sites for hydroxylation is 1. The van der Waals surface area contributed by atoms with Crippen molar-refractivity contribution < 1.29 is 9.90 Å². The van der Waals surface area contributed by atoms with E-state index in [1.807, 2.05) is 37.4 Å². The smallest absolute Gasteiger partial charge is 0.152 e. The Morgan fingerprint density at radius 3 is 2.41 bits per heavy atom. The molecule has 7 nitrogen and oxygen atoms in total. The number of rotatable bonds is 6.